The summed E-state index contributed by atoms with van der Waals surface area (Å²) in [4.78, 5) is 12.1. The summed E-state index contributed by atoms with van der Waals surface area (Å²) in [7, 11) is 1.62. The minimum atomic E-state index is -0.780. The molecular weight excluding hydrogens is 242 g/mol. The van der Waals surface area contributed by atoms with Gasteiger partial charge in [-0.15, -0.1) is 0 Å². The fraction of sp³-hybridized carbons (Fsp3) is 0.533. The van der Waals surface area contributed by atoms with E-state index in [0.717, 1.165) is 11.3 Å². The van der Waals surface area contributed by atoms with Crippen LogP contribution in [0.3, 0.4) is 0 Å². The van der Waals surface area contributed by atoms with Gasteiger partial charge in [-0.25, -0.2) is 4.79 Å². The second kappa shape index (κ2) is 7.14. The maximum Gasteiger partial charge on any atom is 0.331 e. The molecule has 0 spiro atoms. The molecule has 0 saturated heterocycles. The molecule has 106 valence electrons. The first-order valence-electron chi connectivity index (χ1n) is 6.53. The van der Waals surface area contributed by atoms with Crippen molar-refractivity contribution in [3.63, 3.8) is 0 Å². The van der Waals surface area contributed by atoms with Crippen LogP contribution in [0.4, 0.5) is 5.69 Å². The second-order valence-corrected chi connectivity index (χ2v) is 4.74. The van der Waals surface area contributed by atoms with Crippen LogP contribution in [-0.4, -0.2) is 31.8 Å². The van der Waals surface area contributed by atoms with E-state index >= 15 is 0 Å². The molecule has 0 radical (unpaired) electrons. The summed E-state index contributed by atoms with van der Waals surface area (Å²) in [5.41, 5.74) is 1.25. The Kier molecular flexibility index (Phi) is 5.83. The number of carbonyl (C=O) groups excluding carboxylic acids is 1. The fourth-order valence-corrected chi connectivity index (χ4v) is 1.82. The first-order chi connectivity index (χ1) is 9.03. The highest BCUT2D eigenvalue weighted by Gasteiger charge is 2.34. The van der Waals surface area contributed by atoms with E-state index in [1.807, 2.05) is 45.0 Å². The van der Waals surface area contributed by atoms with Crippen molar-refractivity contribution >= 4 is 11.7 Å². The fourth-order valence-electron chi connectivity index (χ4n) is 1.82. The Hall–Kier alpha value is -1.55. The number of hydrogen-bond donors (Lipinski definition) is 1. The first kappa shape index (κ1) is 15.5. The minimum absolute atomic E-state index is 0.254. The molecule has 0 fully saturated rings. The largest absolute Gasteiger partial charge is 0.464 e. The smallest absolute Gasteiger partial charge is 0.331 e. The molecule has 1 atom stereocenters. The molecule has 1 N–H and O–H groups in total. The van der Waals surface area contributed by atoms with Crippen LogP contribution in [0.1, 0.15) is 25.8 Å². The molecule has 4 nitrogen and oxygen atoms in total. The van der Waals surface area contributed by atoms with Gasteiger partial charge in [0.1, 0.15) is 5.54 Å². The summed E-state index contributed by atoms with van der Waals surface area (Å²) in [5.74, 6) is -0.254. The van der Waals surface area contributed by atoms with E-state index in [4.69, 9.17) is 9.47 Å². The Labute approximate surface area is 115 Å². The monoisotopic (exact) mass is 265 g/mol. The lowest BCUT2D eigenvalue weighted by atomic mass is 9.97. The van der Waals surface area contributed by atoms with Gasteiger partial charge in [0, 0.05) is 25.8 Å². The molecule has 0 aromatic heterocycles. The Morgan fingerprint density at radius 2 is 2.05 bits per heavy atom. The molecule has 0 saturated carbocycles. The number of hydrogen-bond acceptors (Lipinski definition) is 4. The number of benzene rings is 1. The maximum absolute atomic E-state index is 12.1. The molecule has 0 aliphatic rings. The molecule has 19 heavy (non-hydrogen) atoms. The summed E-state index contributed by atoms with van der Waals surface area (Å²) >= 11 is 0. The first-order valence-corrected chi connectivity index (χ1v) is 6.53. The van der Waals surface area contributed by atoms with Crippen molar-refractivity contribution < 1.29 is 14.3 Å². The van der Waals surface area contributed by atoms with Crippen LogP contribution in [0.5, 0.6) is 0 Å². The average molecular weight is 265 g/mol. The van der Waals surface area contributed by atoms with Gasteiger partial charge in [-0.05, 0) is 32.4 Å². The van der Waals surface area contributed by atoms with Crippen LogP contribution in [-0.2, 0) is 14.3 Å². The molecule has 1 rings (SSSR count). The number of ether oxygens (including phenoxy) is 2. The highest BCUT2D eigenvalue weighted by molar-refractivity contribution is 5.84. The number of nitrogens with one attached hydrogen (secondary N) is 1. The van der Waals surface area contributed by atoms with Crippen LogP contribution < -0.4 is 5.32 Å². The van der Waals surface area contributed by atoms with Crippen molar-refractivity contribution in [1.82, 2.24) is 0 Å². The van der Waals surface area contributed by atoms with Crippen molar-refractivity contribution in [2.24, 2.45) is 0 Å². The van der Waals surface area contributed by atoms with Gasteiger partial charge in [0.05, 0.1) is 6.61 Å². The quantitative estimate of drug-likeness (QED) is 0.770. The number of para-hydroxylation sites is 1. The molecule has 1 aromatic carbocycles. The summed E-state index contributed by atoms with van der Waals surface area (Å²) in [6, 6.07) is 7.87. The average Bonchev–Trinajstić information content (AvgIpc) is 2.39. The Morgan fingerprint density at radius 3 is 2.63 bits per heavy atom. The number of esters is 1. The van der Waals surface area contributed by atoms with Crippen molar-refractivity contribution in [2.45, 2.75) is 32.7 Å². The van der Waals surface area contributed by atoms with Gasteiger partial charge in [0.25, 0.3) is 0 Å². The minimum Gasteiger partial charge on any atom is -0.464 e. The number of aryl methyl sites for hydroxylation is 1. The number of carbonyl (C=O) groups is 1. The molecule has 1 aromatic rings. The molecule has 0 aliphatic heterocycles. The van der Waals surface area contributed by atoms with Gasteiger partial charge in [-0.2, -0.15) is 0 Å². The molecule has 1 unspecified atom stereocenters. The van der Waals surface area contributed by atoms with Gasteiger partial charge >= 0.3 is 5.97 Å². The number of methoxy groups -OCH3 is 1. The van der Waals surface area contributed by atoms with E-state index in [-0.39, 0.29) is 5.97 Å². The number of rotatable bonds is 7. The Morgan fingerprint density at radius 1 is 1.37 bits per heavy atom. The summed E-state index contributed by atoms with van der Waals surface area (Å²) in [6.45, 7) is 6.52. The summed E-state index contributed by atoms with van der Waals surface area (Å²) in [6.07, 6.45) is 0.552. The van der Waals surface area contributed by atoms with Gasteiger partial charge in [0.2, 0.25) is 0 Å². The third-order valence-corrected chi connectivity index (χ3v) is 3.09. The van der Waals surface area contributed by atoms with Crippen LogP contribution in [0.15, 0.2) is 24.3 Å². The molecule has 0 bridgehead atoms. The lowest BCUT2D eigenvalue weighted by molar-refractivity contribution is -0.148. The lowest BCUT2D eigenvalue weighted by Gasteiger charge is -2.30. The number of anilines is 1. The van der Waals surface area contributed by atoms with E-state index in [1.165, 1.54) is 0 Å². The Bertz CT molecular complexity index is 420. The molecule has 0 aliphatic carbocycles. The van der Waals surface area contributed by atoms with Gasteiger partial charge < -0.3 is 14.8 Å². The molecular formula is C15H23NO3. The normalized spacial score (nSPS) is 13.7. The zero-order valence-electron chi connectivity index (χ0n) is 12.2. The Balaban J connectivity index is 2.91. The van der Waals surface area contributed by atoms with E-state index in [9.17, 15) is 4.79 Å². The highest BCUT2D eigenvalue weighted by Crippen LogP contribution is 2.23. The topological polar surface area (TPSA) is 47.6 Å². The van der Waals surface area contributed by atoms with E-state index in [1.54, 1.807) is 7.11 Å². The highest BCUT2D eigenvalue weighted by atomic mass is 16.5. The zero-order chi connectivity index (χ0) is 14.3. The molecule has 4 heteroatoms. The van der Waals surface area contributed by atoms with Gasteiger partial charge in [-0.3, -0.25) is 0 Å². The summed E-state index contributed by atoms with van der Waals surface area (Å²) in [5, 5.41) is 3.29. The summed E-state index contributed by atoms with van der Waals surface area (Å²) < 4.78 is 10.2. The van der Waals surface area contributed by atoms with E-state index < -0.39 is 5.54 Å². The standard InChI is InChI=1S/C15H23NO3/c1-5-19-14(17)15(3,10-11-18-4)16-13-9-7-6-8-12(13)2/h6-9,16H,5,10-11H2,1-4H3. The van der Waals surface area contributed by atoms with Crippen molar-refractivity contribution in [1.29, 1.82) is 0 Å². The van der Waals surface area contributed by atoms with Gasteiger partial charge in [-0.1, -0.05) is 18.2 Å². The second-order valence-electron chi connectivity index (χ2n) is 4.74. The van der Waals surface area contributed by atoms with Crippen LogP contribution in [0, 0.1) is 6.92 Å². The molecule has 0 amide bonds. The lowest BCUT2D eigenvalue weighted by Crippen LogP contribution is -2.45. The third-order valence-electron chi connectivity index (χ3n) is 3.09. The van der Waals surface area contributed by atoms with Crippen molar-refractivity contribution in [3.05, 3.63) is 29.8 Å². The van der Waals surface area contributed by atoms with Crippen LogP contribution in [0.25, 0.3) is 0 Å². The van der Waals surface area contributed by atoms with Crippen LogP contribution in [0.2, 0.25) is 0 Å². The third kappa shape index (κ3) is 4.24. The van der Waals surface area contributed by atoms with E-state index in [2.05, 4.69) is 5.32 Å². The maximum atomic E-state index is 12.1. The van der Waals surface area contributed by atoms with Crippen molar-refractivity contribution in [3.8, 4) is 0 Å². The van der Waals surface area contributed by atoms with Crippen LogP contribution >= 0.6 is 0 Å². The van der Waals surface area contributed by atoms with E-state index in [0.29, 0.717) is 19.6 Å². The SMILES string of the molecule is CCOC(=O)C(C)(CCOC)Nc1ccccc1C. The predicted molar refractivity (Wildman–Crippen MR) is 76.3 cm³/mol. The van der Waals surface area contributed by atoms with Crippen molar-refractivity contribution in [2.75, 3.05) is 25.6 Å². The van der Waals surface area contributed by atoms with Gasteiger partial charge in [0.15, 0.2) is 0 Å². The predicted octanol–water partition coefficient (Wildman–Crippen LogP) is 2.77. The zero-order valence-corrected chi connectivity index (χ0v) is 12.2. The molecule has 0 heterocycles.